The second kappa shape index (κ2) is 9.43. The first-order valence-corrected chi connectivity index (χ1v) is 9.92. The minimum Gasteiger partial charge on any atom is -0.356 e. The number of nitrogens with zero attached hydrogens (tertiary/aromatic N) is 4. The largest absolute Gasteiger partial charge is 0.356 e. The Hall–Kier alpha value is -1.36. The highest BCUT2D eigenvalue weighted by Gasteiger charge is 2.46. The van der Waals surface area contributed by atoms with E-state index < -0.39 is 0 Å². The molecule has 28 heavy (non-hydrogen) atoms. The minimum atomic E-state index is 0. The van der Waals surface area contributed by atoms with Crippen LogP contribution in [0.2, 0.25) is 0 Å². The molecule has 2 aliphatic rings. The molecule has 0 amide bonds. The quantitative estimate of drug-likeness (QED) is 0.718. The van der Waals surface area contributed by atoms with Crippen molar-refractivity contribution in [3.05, 3.63) is 53.0 Å². The van der Waals surface area contributed by atoms with Gasteiger partial charge in [-0.2, -0.15) is 0 Å². The van der Waals surface area contributed by atoms with E-state index in [1.54, 1.807) is 0 Å². The summed E-state index contributed by atoms with van der Waals surface area (Å²) in [5.74, 6) is 3.51. The lowest BCUT2D eigenvalue weighted by molar-refractivity contribution is 0.279. The molecule has 2 saturated heterocycles. The average molecular weight is 423 g/mol. The normalized spacial score (nSPS) is 23.9. The molecule has 4 nitrogen and oxygen atoms in total. The van der Waals surface area contributed by atoms with Crippen molar-refractivity contribution in [1.82, 2.24) is 14.9 Å². The van der Waals surface area contributed by atoms with Crippen LogP contribution in [0.1, 0.15) is 42.0 Å². The van der Waals surface area contributed by atoms with Crippen molar-refractivity contribution in [2.45, 2.75) is 39.7 Å². The molecule has 0 aliphatic carbocycles. The van der Waals surface area contributed by atoms with Crippen molar-refractivity contribution in [3.63, 3.8) is 0 Å². The fraction of sp³-hybridized carbons (Fsp3) is 0.545. The van der Waals surface area contributed by atoms with E-state index in [1.165, 1.54) is 17.7 Å². The molecule has 2 fully saturated rings. The lowest BCUT2D eigenvalue weighted by Crippen LogP contribution is -2.30. The fourth-order valence-corrected chi connectivity index (χ4v) is 4.94. The second-order valence-electron chi connectivity index (χ2n) is 8.10. The van der Waals surface area contributed by atoms with Crippen LogP contribution in [0.5, 0.6) is 0 Å². The van der Waals surface area contributed by atoms with Crippen molar-refractivity contribution < 1.29 is 0 Å². The maximum atomic E-state index is 4.87. The molecule has 0 unspecified atom stereocenters. The van der Waals surface area contributed by atoms with Crippen LogP contribution in [0.25, 0.3) is 0 Å². The van der Waals surface area contributed by atoms with Crippen LogP contribution in [0.3, 0.4) is 0 Å². The summed E-state index contributed by atoms with van der Waals surface area (Å²) in [7, 11) is 2.29. The number of benzene rings is 1. The van der Waals surface area contributed by atoms with Gasteiger partial charge in [-0.05, 0) is 44.4 Å². The molecule has 3 heterocycles. The minimum absolute atomic E-state index is 0. The first-order valence-electron chi connectivity index (χ1n) is 9.92. The number of aryl methyl sites for hydroxylation is 3. The smallest absolute Gasteiger partial charge is 0.132 e. The third-order valence-electron chi connectivity index (χ3n) is 6.09. The SMILES string of the molecule is CCCc1nc(C)cc(N2C[C@@H]3CN(C)[C@@H](c4ccccc4C)[C@@H]3C2)n1.Cl.Cl. The topological polar surface area (TPSA) is 32.3 Å². The molecular weight excluding hydrogens is 391 g/mol. The number of hydrogen-bond donors (Lipinski definition) is 0. The van der Waals surface area contributed by atoms with E-state index in [1.807, 2.05) is 0 Å². The molecular formula is C22H32Cl2N4. The van der Waals surface area contributed by atoms with Crippen LogP contribution in [0, 0.1) is 25.7 Å². The first kappa shape index (κ1) is 22.9. The van der Waals surface area contributed by atoms with Crippen LogP contribution >= 0.6 is 24.8 Å². The van der Waals surface area contributed by atoms with Crippen molar-refractivity contribution >= 4 is 30.6 Å². The van der Waals surface area contributed by atoms with Gasteiger partial charge in [-0.3, -0.25) is 4.90 Å². The Morgan fingerprint density at radius 1 is 1.04 bits per heavy atom. The molecule has 1 aromatic carbocycles. The Morgan fingerprint density at radius 2 is 1.79 bits per heavy atom. The molecule has 0 N–H and O–H groups in total. The molecule has 4 rings (SSSR count). The van der Waals surface area contributed by atoms with Gasteiger partial charge in [0.05, 0.1) is 0 Å². The Labute approximate surface area is 181 Å². The first-order chi connectivity index (χ1) is 12.6. The zero-order valence-corrected chi connectivity index (χ0v) is 18.9. The fourth-order valence-electron chi connectivity index (χ4n) is 4.94. The number of rotatable bonds is 4. The summed E-state index contributed by atoms with van der Waals surface area (Å²) in [4.78, 5) is 14.5. The van der Waals surface area contributed by atoms with Gasteiger partial charge in [0.25, 0.3) is 0 Å². The van der Waals surface area contributed by atoms with Crippen LogP contribution in [0.4, 0.5) is 5.82 Å². The molecule has 154 valence electrons. The molecule has 2 aliphatic heterocycles. The van der Waals surface area contributed by atoms with Crippen LogP contribution in [-0.2, 0) is 6.42 Å². The molecule has 1 aromatic heterocycles. The number of anilines is 1. The number of hydrogen-bond acceptors (Lipinski definition) is 4. The Bertz CT molecular complexity index is 798. The Balaban J connectivity index is 0.00000140. The summed E-state index contributed by atoms with van der Waals surface area (Å²) in [6, 6.07) is 11.6. The van der Waals surface area contributed by atoms with E-state index in [0.29, 0.717) is 12.0 Å². The molecule has 0 saturated carbocycles. The third-order valence-corrected chi connectivity index (χ3v) is 6.09. The highest BCUT2D eigenvalue weighted by atomic mass is 35.5. The van der Waals surface area contributed by atoms with Gasteiger partial charge < -0.3 is 4.90 Å². The maximum Gasteiger partial charge on any atom is 0.132 e. The van der Waals surface area contributed by atoms with Crippen molar-refractivity contribution in [1.29, 1.82) is 0 Å². The number of halogens is 2. The van der Waals surface area contributed by atoms with E-state index >= 15 is 0 Å². The number of aromatic nitrogens is 2. The van der Waals surface area contributed by atoms with Gasteiger partial charge in [-0.1, -0.05) is 31.2 Å². The molecule has 0 spiro atoms. The van der Waals surface area contributed by atoms with Gasteiger partial charge in [0.1, 0.15) is 11.6 Å². The summed E-state index contributed by atoms with van der Waals surface area (Å²) in [5, 5.41) is 0. The summed E-state index contributed by atoms with van der Waals surface area (Å²) in [6.07, 6.45) is 2.05. The van der Waals surface area contributed by atoms with Gasteiger partial charge in [0.2, 0.25) is 0 Å². The molecule has 2 aromatic rings. The number of fused-ring (bicyclic) bond motifs is 1. The molecule has 3 atom stereocenters. The number of likely N-dealkylation sites (tertiary alicyclic amines) is 1. The van der Waals surface area contributed by atoms with Gasteiger partial charge in [0, 0.05) is 49.8 Å². The zero-order valence-electron chi connectivity index (χ0n) is 17.3. The second-order valence-corrected chi connectivity index (χ2v) is 8.10. The van der Waals surface area contributed by atoms with Crippen molar-refractivity contribution in [2.24, 2.45) is 11.8 Å². The van der Waals surface area contributed by atoms with Gasteiger partial charge in [-0.15, -0.1) is 24.8 Å². The summed E-state index contributed by atoms with van der Waals surface area (Å²) >= 11 is 0. The van der Waals surface area contributed by atoms with E-state index in [9.17, 15) is 0 Å². The highest BCUT2D eigenvalue weighted by molar-refractivity contribution is 5.85. The maximum absolute atomic E-state index is 4.87. The van der Waals surface area contributed by atoms with E-state index in [0.717, 1.165) is 49.2 Å². The predicted octanol–water partition coefficient (Wildman–Crippen LogP) is 4.63. The Kier molecular flexibility index (Phi) is 7.72. The monoisotopic (exact) mass is 422 g/mol. The van der Waals surface area contributed by atoms with E-state index in [-0.39, 0.29) is 24.8 Å². The highest BCUT2D eigenvalue weighted by Crippen LogP contribution is 2.45. The standard InChI is InChI=1S/C22H30N4.2ClH/c1-5-8-20-23-16(3)11-21(24-20)26-13-17-12-25(4)22(19(17)14-26)18-10-7-6-9-15(18)2;;/h6-7,9-11,17,19,22H,5,8,12-14H2,1-4H3;2*1H/t17-,19+,22-;;/m0../s1. The molecule has 6 heteroatoms. The van der Waals surface area contributed by atoms with Gasteiger partial charge in [-0.25, -0.2) is 9.97 Å². The average Bonchev–Trinajstić information content (AvgIpc) is 3.12. The zero-order chi connectivity index (χ0) is 18.3. The van der Waals surface area contributed by atoms with Gasteiger partial charge in [0.15, 0.2) is 0 Å². The van der Waals surface area contributed by atoms with Crippen LogP contribution in [-0.4, -0.2) is 41.5 Å². The third kappa shape index (κ3) is 4.29. The van der Waals surface area contributed by atoms with Crippen LogP contribution < -0.4 is 4.90 Å². The predicted molar refractivity (Wildman–Crippen MR) is 121 cm³/mol. The van der Waals surface area contributed by atoms with E-state index in [2.05, 4.69) is 72.9 Å². The lowest BCUT2D eigenvalue weighted by atomic mass is 9.88. The Morgan fingerprint density at radius 3 is 2.50 bits per heavy atom. The summed E-state index contributed by atoms with van der Waals surface area (Å²) < 4.78 is 0. The van der Waals surface area contributed by atoms with Gasteiger partial charge >= 0.3 is 0 Å². The molecule has 0 radical (unpaired) electrons. The van der Waals surface area contributed by atoms with Crippen molar-refractivity contribution in [2.75, 3.05) is 31.6 Å². The molecule has 0 bridgehead atoms. The van der Waals surface area contributed by atoms with Crippen LogP contribution in [0.15, 0.2) is 30.3 Å². The van der Waals surface area contributed by atoms with Crippen molar-refractivity contribution in [3.8, 4) is 0 Å². The lowest BCUT2D eigenvalue weighted by Gasteiger charge is -2.28. The van der Waals surface area contributed by atoms with E-state index in [4.69, 9.17) is 4.98 Å². The summed E-state index contributed by atoms with van der Waals surface area (Å²) in [6.45, 7) is 9.90. The summed E-state index contributed by atoms with van der Waals surface area (Å²) in [5.41, 5.74) is 3.99.